The molecule has 0 spiro atoms. The molecule has 0 amide bonds. The highest BCUT2D eigenvalue weighted by Gasteiger charge is 2.19. The van der Waals surface area contributed by atoms with E-state index in [-0.39, 0.29) is 12.1 Å². The van der Waals surface area contributed by atoms with Gasteiger partial charge in [0.15, 0.2) is 0 Å². The Morgan fingerprint density at radius 1 is 1.14 bits per heavy atom. The molecular weight excluding hydrogens is 175 g/mol. The van der Waals surface area contributed by atoms with Crippen LogP contribution in [0.25, 0.3) is 0 Å². The summed E-state index contributed by atoms with van der Waals surface area (Å²) in [7, 11) is 0. The van der Waals surface area contributed by atoms with Crippen LogP contribution in [0.1, 0.15) is 44.7 Å². The van der Waals surface area contributed by atoms with Gasteiger partial charge in [0.25, 0.3) is 0 Å². The van der Waals surface area contributed by atoms with E-state index in [1.54, 1.807) is 0 Å². The summed E-state index contributed by atoms with van der Waals surface area (Å²) in [6.45, 7) is 7.87. The van der Waals surface area contributed by atoms with E-state index in [1.807, 2.05) is 26.0 Å². The van der Waals surface area contributed by atoms with E-state index in [0.717, 1.165) is 5.56 Å². The molecule has 0 N–H and O–H groups in total. The van der Waals surface area contributed by atoms with Gasteiger partial charge in [-0.2, -0.15) is 0 Å². The van der Waals surface area contributed by atoms with Crippen molar-refractivity contribution in [3.8, 4) is 0 Å². The second-order valence-corrected chi connectivity index (χ2v) is 4.79. The minimum atomic E-state index is -0.352. The quantitative estimate of drug-likeness (QED) is 0.680. The van der Waals surface area contributed by atoms with E-state index in [2.05, 4.69) is 26.0 Å². The third-order valence-electron chi connectivity index (χ3n) is 2.69. The molecule has 78 valence electrons. The second kappa shape index (κ2) is 4.12. The van der Waals surface area contributed by atoms with Crippen molar-refractivity contribution in [1.29, 1.82) is 0 Å². The Labute approximate surface area is 86.2 Å². The number of hydrogen-bond acceptors (Lipinski definition) is 0. The van der Waals surface area contributed by atoms with Crippen molar-refractivity contribution in [2.24, 2.45) is 0 Å². The zero-order valence-electron chi connectivity index (χ0n) is 9.47. The summed E-state index contributed by atoms with van der Waals surface area (Å²) in [5, 5.41) is 0. The summed E-state index contributed by atoms with van der Waals surface area (Å²) in [5.41, 5.74) is 2.03. The molecule has 0 atom stereocenters. The van der Waals surface area contributed by atoms with Crippen molar-refractivity contribution in [1.82, 2.24) is 0 Å². The predicted octanol–water partition coefficient (Wildman–Crippen LogP) is 4.06. The van der Waals surface area contributed by atoms with Crippen molar-refractivity contribution < 1.29 is 4.39 Å². The third-order valence-corrected chi connectivity index (χ3v) is 2.69. The van der Waals surface area contributed by atoms with Crippen LogP contribution in [0.3, 0.4) is 0 Å². The summed E-state index contributed by atoms with van der Waals surface area (Å²) in [5.74, 6) is 0.539. The van der Waals surface area contributed by atoms with Crippen LogP contribution in [0.2, 0.25) is 0 Å². The Hall–Kier alpha value is -0.850. The molecule has 0 aliphatic rings. The fourth-order valence-corrected chi connectivity index (χ4v) is 1.40. The average molecular weight is 194 g/mol. The Morgan fingerprint density at radius 2 is 1.64 bits per heavy atom. The van der Waals surface area contributed by atoms with Crippen LogP contribution in [-0.2, 0) is 5.41 Å². The molecule has 0 aromatic heterocycles. The molecule has 1 aromatic carbocycles. The lowest BCUT2D eigenvalue weighted by molar-refractivity contribution is 0.351. The number of halogens is 1. The van der Waals surface area contributed by atoms with Gasteiger partial charge in [0.1, 0.15) is 0 Å². The standard InChI is InChI=1S/C13H19F/c1-10(2)11-5-7-12(8-6-11)13(3,4)9-14/h5-8,10H,9H2,1-4H3. The zero-order valence-corrected chi connectivity index (χ0v) is 9.47. The van der Waals surface area contributed by atoms with Crippen LogP contribution in [0.15, 0.2) is 24.3 Å². The average Bonchev–Trinajstić information content (AvgIpc) is 2.18. The molecule has 0 nitrogen and oxygen atoms in total. The minimum absolute atomic E-state index is 0.311. The number of benzene rings is 1. The summed E-state index contributed by atoms with van der Waals surface area (Å²) in [4.78, 5) is 0. The fourth-order valence-electron chi connectivity index (χ4n) is 1.40. The van der Waals surface area contributed by atoms with Crippen LogP contribution in [0.4, 0.5) is 4.39 Å². The van der Waals surface area contributed by atoms with Crippen LogP contribution >= 0.6 is 0 Å². The molecule has 0 saturated heterocycles. The van der Waals surface area contributed by atoms with Crippen molar-refractivity contribution in [2.45, 2.75) is 39.0 Å². The van der Waals surface area contributed by atoms with Gasteiger partial charge in [-0.15, -0.1) is 0 Å². The molecule has 0 bridgehead atoms. The summed E-state index contributed by atoms with van der Waals surface area (Å²) in [6, 6.07) is 8.26. The maximum atomic E-state index is 12.7. The fraction of sp³-hybridized carbons (Fsp3) is 0.538. The van der Waals surface area contributed by atoms with Gasteiger partial charge >= 0.3 is 0 Å². The first-order valence-electron chi connectivity index (χ1n) is 5.14. The largest absolute Gasteiger partial charge is 0.250 e. The number of hydrogen-bond donors (Lipinski definition) is 0. The Kier molecular flexibility index (Phi) is 3.30. The van der Waals surface area contributed by atoms with Crippen molar-refractivity contribution in [2.75, 3.05) is 6.67 Å². The summed E-state index contributed by atoms with van der Waals surface area (Å²) < 4.78 is 12.7. The third kappa shape index (κ3) is 2.34. The predicted molar refractivity (Wildman–Crippen MR) is 59.5 cm³/mol. The highest BCUT2D eigenvalue weighted by Crippen LogP contribution is 2.25. The van der Waals surface area contributed by atoms with E-state index in [4.69, 9.17) is 0 Å². The molecular formula is C13H19F. The molecule has 0 saturated carbocycles. The number of rotatable bonds is 3. The van der Waals surface area contributed by atoms with Crippen LogP contribution in [0, 0.1) is 0 Å². The molecule has 0 aliphatic heterocycles. The molecule has 0 heterocycles. The van der Waals surface area contributed by atoms with Gasteiger partial charge < -0.3 is 0 Å². The monoisotopic (exact) mass is 194 g/mol. The zero-order chi connectivity index (χ0) is 10.8. The first-order valence-corrected chi connectivity index (χ1v) is 5.14. The van der Waals surface area contributed by atoms with Gasteiger partial charge in [-0.1, -0.05) is 52.0 Å². The lowest BCUT2D eigenvalue weighted by atomic mass is 9.85. The Morgan fingerprint density at radius 3 is 2.00 bits per heavy atom. The smallest absolute Gasteiger partial charge is 0.0985 e. The van der Waals surface area contributed by atoms with E-state index >= 15 is 0 Å². The van der Waals surface area contributed by atoms with Gasteiger partial charge in [-0.3, -0.25) is 4.39 Å². The van der Waals surface area contributed by atoms with Crippen LogP contribution < -0.4 is 0 Å². The Bertz CT molecular complexity index is 283. The van der Waals surface area contributed by atoms with Crippen molar-refractivity contribution in [3.05, 3.63) is 35.4 Å². The van der Waals surface area contributed by atoms with Gasteiger partial charge in [0, 0.05) is 5.41 Å². The number of alkyl halides is 1. The SMILES string of the molecule is CC(C)c1ccc(C(C)(C)CF)cc1. The van der Waals surface area contributed by atoms with Gasteiger partial charge in [0.2, 0.25) is 0 Å². The molecule has 0 unspecified atom stereocenters. The van der Waals surface area contributed by atoms with E-state index in [0.29, 0.717) is 5.92 Å². The molecule has 14 heavy (non-hydrogen) atoms. The lowest BCUT2D eigenvalue weighted by Gasteiger charge is -2.21. The lowest BCUT2D eigenvalue weighted by Crippen LogP contribution is -2.19. The minimum Gasteiger partial charge on any atom is -0.250 e. The first-order chi connectivity index (χ1) is 6.47. The molecule has 1 aromatic rings. The maximum Gasteiger partial charge on any atom is 0.0985 e. The van der Waals surface area contributed by atoms with Crippen LogP contribution in [0.5, 0.6) is 0 Å². The Balaban J connectivity index is 2.94. The van der Waals surface area contributed by atoms with E-state index in [9.17, 15) is 4.39 Å². The summed E-state index contributed by atoms with van der Waals surface area (Å²) in [6.07, 6.45) is 0. The molecule has 0 fully saturated rings. The van der Waals surface area contributed by atoms with E-state index in [1.165, 1.54) is 5.56 Å². The molecule has 1 heteroatoms. The van der Waals surface area contributed by atoms with Gasteiger partial charge in [-0.25, -0.2) is 0 Å². The molecule has 0 radical (unpaired) electrons. The van der Waals surface area contributed by atoms with Gasteiger partial charge in [-0.05, 0) is 17.0 Å². The highest BCUT2D eigenvalue weighted by molar-refractivity contribution is 5.29. The van der Waals surface area contributed by atoms with E-state index < -0.39 is 0 Å². The maximum absolute atomic E-state index is 12.7. The van der Waals surface area contributed by atoms with Crippen molar-refractivity contribution in [3.63, 3.8) is 0 Å². The summed E-state index contributed by atoms with van der Waals surface area (Å²) >= 11 is 0. The van der Waals surface area contributed by atoms with Gasteiger partial charge in [0.05, 0.1) is 6.67 Å². The second-order valence-electron chi connectivity index (χ2n) is 4.79. The highest BCUT2D eigenvalue weighted by atomic mass is 19.1. The van der Waals surface area contributed by atoms with Crippen molar-refractivity contribution >= 4 is 0 Å². The van der Waals surface area contributed by atoms with Crippen LogP contribution in [-0.4, -0.2) is 6.67 Å². The molecule has 0 aliphatic carbocycles. The topological polar surface area (TPSA) is 0 Å². The normalized spacial score (nSPS) is 12.1. The first kappa shape index (κ1) is 11.2. The molecule has 1 rings (SSSR count).